The first-order chi connectivity index (χ1) is 20.2. The van der Waals surface area contributed by atoms with E-state index in [2.05, 4.69) is 25.3 Å². The number of hydrogen-bond donors (Lipinski definition) is 2. The van der Waals surface area contributed by atoms with E-state index in [9.17, 15) is 23.1 Å². The van der Waals surface area contributed by atoms with Gasteiger partial charge in [0.2, 0.25) is 5.91 Å². The number of pyridine rings is 2. The van der Waals surface area contributed by atoms with E-state index in [0.29, 0.717) is 57.0 Å². The second-order valence-corrected chi connectivity index (χ2v) is 11.6. The molecule has 9 nitrogen and oxygen atoms in total. The molecule has 1 saturated carbocycles. The molecule has 0 spiro atoms. The second kappa shape index (κ2) is 11.6. The molecule has 3 aromatic rings. The number of alkyl halides is 3. The lowest BCUT2D eigenvalue weighted by Gasteiger charge is -2.37. The van der Waals surface area contributed by atoms with Gasteiger partial charge in [-0.15, -0.1) is 0 Å². The number of hydrogen-bond acceptors (Lipinski definition) is 8. The van der Waals surface area contributed by atoms with Crippen molar-refractivity contribution in [3.05, 3.63) is 66.4 Å². The fourth-order valence-corrected chi connectivity index (χ4v) is 6.38. The Balaban J connectivity index is 0.977. The molecule has 1 aliphatic carbocycles. The summed E-state index contributed by atoms with van der Waals surface area (Å²) in [6.45, 7) is 2.15. The number of rotatable bonds is 6. The van der Waals surface area contributed by atoms with Crippen LogP contribution in [0.5, 0.6) is 0 Å². The Morgan fingerprint density at radius 1 is 0.929 bits per heavy atom. The van der Waals surface area contributed by atoms with Crippen LogP contribution in [0, 0.1) is 5.92 Å². The minimum Gasteiger partial charge on any atom is -0.384 e. The van der Waals surface area contributed by atoms with Crippen molar-refractivity contribution in [2.75, 3.05) is 31.1 Å². The number of aromatic nitrogens is 4. The van der Waals surface area contributed by atoms with E-state index in [-0.39, 0.29) is 29.7 Å². The molecule has 2 aliphatic heterocycles. The van der Waals surface area contributed by atoms with Crippen molar-refractivity contribution in [3.63, 3.8) is 0 Å². The predicted octanol–water partition coefficient (Wildman–Crippen LogP) is 3.80. The average molecular weight is 582 g/mol. The first-order valence-electron chi connectivity index (χ1n) is 14.5. The van der Waals surface area contributed by atoms with Crippen LogP contribution in [0.3, 0.4) is 0 Å². The highest BCUT2D eigenvalue weighted by Crippen LogP contribution is 2.37. The molecule has 6 rings (SSSR count). The second-order valence-electron chi connectivity index (χ2n) is 11.6. The molecule has 2 atom stereocenters. The maximum Gasteiger partial charge on any atom is 0.433 e. The van der Waals surface area contributed by atoms with Gasteiger partial charge in [0.05, 0.1) is 11.6 Å². The Morgan fingerprint density at radius 2 is 1.71 bits per heavy atom. The number of anilines is 1. The molecule has 3 aliphatic rings. The van der Waals surface area contributed by atoms with Crippen molar-refractivity contribution in [1.82, 2.24) is 30.2 Å². The summed E-state index contributed by atoms with van der Waals surface area (Å²) >= 11 is 0. The normalized spacial score (nSPS) is 26.5. The van der Waals surface area contributed by atoms with Crippen LogP contribution in [-0.2, 0) is 16.6 Å². The Kier molecular flexibility index (Phi) is 7.84. The molecule has 2 N–H and O–H groups in total. The van der Waals surface area contributed by atoms with Crippen LogP contribution in [0.15, 0.2) is 55.0 Å². The van der Waals surface area contributed by atoms with Gasteiger partial charge >= 0.3 is 6.18 Å². The first kappa shape index (κ1) is 28.5. The number of carbonyl (C=O) groups excluding carboxylic acids is 1. The molecule has 1 amide bonds. The van der Waals surface area contributed by atoms with Crippen LogP contribution < -0.4 is 10.2 Å². The predicted molar refractivity (Wildman–Crippen MR) is 149 cm³/mol. The zero-order valence-electron chi connectivity index (χ0n) is 23.2. The Bertz CT molecular complexity index is 1380. The molecule has 3 aromatic heterocycles. The van der Waals surface area contributed by atoms with Crippen molar-refractivity contribution in [2.45, 2.75) is 62.4 Å². The number of amides is 1. The summed E-state index contributed by atoms with van der Waals surface area (Å²) in [5, 5.41) is 15.0. The zero-order chi connectivity index (χ0) is 29.3. The number of aliphatic hydroxyl groups is 1. The quantitative estimate of drug-likeness (QED) is 0.453. The third kappa shape index (κ3) is 6.10. The average Bonchev–Trinajstić information content (AvgIpc) is 3.69. The van der Waals surface area contributed by atoms with Gasteiger partial charge in [-0.2, -0.15) is 13.2 Å². The lowest BCUT2D eigenvalue weighted by atomic mass is 9.79. The summed E-state index contributed by atoms with van der Waals surface area (Å²) < 4.78 is 39.3. The maximum atomic E-state index is 13.3. The van der Waals surface area contributed by atoms with Gasteiger partial charge in [0.15, 0.2) is 5.82 Å². The lowest BCUT2D eigenvalue weighted by Crippen LogP contribution is -2.46. The van der Waals surface area contributed by atoms with Crippen LogP contribution >= 0.6 is 0 Å². The van der Waals surface area contributed by atoms with E-state index in [1.807, 2.05) is 17.0 Å². The third-order valence-electron chi connectivity index (χ3n) is 8.73. The number of halogens is 3. The molecular formula is C30H34F3N7O2. The fourth-order valence-electron chi connectivity index (χ4n) is 6.38. The lowest BCUT2D eigenvalue weighted by molar-refractivity contribution is -0.141. The van der Waals surface area contributed by atoms with Gasteiger partial charge < -0.3 is 20.2 Å². The minimum atomic E-state index is -4.50. The molecule has 0 bridgehead atoms. The monoisotopic (exact) mass is 581 g/mol. The molecule has 0 aromatic carbocycles. The summed E-state index contributed by atoms with van der Waals surface area (Å²) in [5.74, 6) is 0.660. The van der Waals surface area contributed by atoms with Crippen molar-refractivity contribution in [1.29, 1.82) is 0 Å². The maximum absolute atomic E-state index is 13.3. The Hall–Kier alpha value is -3.64. The van der Waals surface area contributed by atoms with Crippen molar-refractivity contribution in [3.8, 4) is 11.4 Å². The molecular weight excluding hydrogens is 547 g/mol. The van der Waals surface area contributed by atoms with E-state index in [1.54, 1.807) is 35.6 Å². The molecule has 0 radical (unpaired) electrons. The standard InChI is InChI=1S/C30H34F3N7O2/c31-30(32,33)25-3-1-4-26(38-25)39-15-9-21(18-39)28(41)40-16-10-23(19-40)37-22-7-11-29(42,12-8-22)24-6-5-20(17-36-24)27-34-13-2-14-35-27/h1-6,13-14,17,21-23,37,42H,7-12,15-16,18-19H2/t21-,22?,23?,29?/m0/s1. The van der Waals surface area contributed by atoms with Gasteiger partial charge in [-0.1, -0.05) is 6.07 Å². The van der Waals surface area contributed by atoms with Gasteiger partial charge in [-0.25, -0.2) is 15.0 Å². The van der Waals surface area contributed by atoms with E-state index in [0.717, 1.165) is 30.9 Å². The topological polar surface area (TPSA) is 107 Å². The van der Waals surface area contributed by atoms with E-state index < -0.39 is 17.5 Å². The summed E-state index contributed by atoms with van der Waals surface area (Å²) in [6, 6.07) is 9.81. The molecule has 42 heavy (non-hydrogen) atoms. The number of nitrogens with one attached hydrogen (secondary N) is 1. The van der Waals surface area contributed by atoms with Gasteiger partial charge in [0.1, 0.15) is 17.1 Å². The van der Waals surface area contributed by atoms with E-state index in [1.165, 1.54) is 6.07 Å². The van der Waals surface area contributed by atoms with E-state index in [4.69, 9.17) is 0 Å². The van der Waals surface area contributed by atoms with Crippen LogP contribution in [0.2, 0.25) is 0 Å². The van der Waals surface area contributed by atoms with Gasteiger partial charge in [0.25, 0.3) is 0 Å². The molecule has 1 unspecified atom stereocenters. The summed E-state index contributed by atoms with van der Waals surface area (Å²) in [4.78, 5) is 33.7. The van der Waals surface area contributed by atoms with E-state index >= 15 is 0 Å². The molecule has 12 heteroatoms. The zero-order valence-corrected chi connectivity index (χ0v) is 23.2. The summed E-state index contributed by atoms with van der Waals surface area (Å²) in [7, 11) is 0. The van der Waals surface area contributed by atoms with Gasteiger partial charge in [-0.3, -0.25) is 9.78 Å². The fraction of sp³-hybridized carbons (Fsp3) is 0.500. The molecule has 5 heterocycles. The third-order valence-corrected chi connectivity index (χ3v) is 8.73. The molecule has 2 saturated heterocycles. The number of nitrogens with zero attached hydrogens (tertiary/aromatic N) is 6. The summed E-state index contributed by atoms with van der Waals surface area (Å²) in [5.41, 5.74) is -0.438. The van der Waals surface area contributed by atoms with Crippen LogP contribution in [-0.4, -0.2) is 74.1 Å². The number of likely N-dealkylation sites (tertiary alicyclic amines) is 1. The largest absolute Gasteiger partial charge is 0.433 e. The molecule has 222 valence electrons. The van der Waals surface area contributed by atoms with Crippen molar-refractivity contribution in [2.24, 2.45) is 5.92 Å². The van der Waals surface area contributed by atoms with Crippen LogP contribution in [0.4, 0.5) is 19.0 Å². The highest BCUT2D eigenvalue weighted by molar-refractivity contribution is 5.80. The smallest absolute Gasteiger partial charge is 0.384 e. The Morgan fingerprint density at radius 3 is 2.43 bits per heavy atom. The minimum absolute atomic E-state index is 0.0576. The SMILES string of the molecule is O=C([C@H]1CCN(c2cccc(C(F)(F)F)n2)C1)N1CCC(NC2CCC(O)(c3ccc(-c4ncccn4)cn3)CC2)C1. The Labute approximate surface area is 242 Å². The van der Waals surface area contributed by atoms with Crippen LogP contribution in [0.25, 0.3) is 11.4 Å². The summed E-state index contributed by atoms with van der Waals surface area (Å²) in [6.07, 6.45) is 4.80. The van der Waals surface area contributed by atoms with Crippen LogP contribution in [0.1, 0.15) is 49.9 Å². The van der Waals surface area contributed by atoms with Crippen molar-refractivity contribution >= 4 is 11.7 Å². The first-order valence-corrected chi connectivity index (χ1v) is 14.5. The highest BCUT2D eigenvalue weighted by Gasteiger charge is 2.39. The van der Waals surface area contributed by atoms with Gasteiger partial charge in [0, 0.05) is 62.4 Å². The molecule has 3 fully saturated rings. The highest BCUT2D eigenvalue weighted by atomic mass is 19.4. The number of carbonyl (C=O) groups is 1. The van der Waals surface area contributed by atoms with Crippen molar-refractivity contribution < 1.29 is 23.1 Å². The van der Waals surface area contributed by atoms with Gasteiger partial charge in [-0.05, 0) is 68.9 Å².